The van der Waals surface area contributed by atoms with E-state index in [-0.39, 0.29) is 17.9 Å². The third kappa shape index (κ3) is 5.11. The maximum absolute atomic E-state index is 12.5. The van der Waals surface area contributed by atoms with Gasteiger partial charge in [-0.3, -0.25) is 9.59 Å². The third-order valence-corrected chi connectivity index (χ3v) is 4.46. The van der Waals surface area contributed by atoms with E-state index in [1.807, 2.05) is 13.8 Å². The van der Waals surface area contributed by atoms with Crippen LogP contribution in [0.3, 0.4) is 0 Å². The van der Waals surface area contributed by atoms with Crippen molar-refractivity contribution < 1.29 is 9.59 Å². The molecule has 4 nitrogen and oxygen atoms in total. The van der Waals surface area contributed by atoms with Crippen LogP contribution >= 0.6 is 23.2 Å². The zero-order valence-corrected chi connectivity index (χ0v) is 15.0. The Balaban J connectivity index is 1.90. The Morgan fingerprint density at radius 1 is 1.26 bits per heavy atom. The molecule has 1 heterocycles. The fourth-order valence-corrected chi connectivity index (χ4v) is 3.09. The number of carbonyl (C=O) groups is 2. The van der Waals surface area contributed by atoms with Gasteiger partial charge in [0.1, 0.15) is 0 Å². The summed E-state index contributed by atoms with van der Waals surface area (Å²) in [6, 6.07) is 5.04. The highest BCUT2D eigenvalue weighted by Gasteiger charge is 2.25. The molecular weight excluding hydrogens is 335 g/mol. The molecule has 1 saturated heterocycles. The lowest BCUT2D eigenvalue weighted by Crippen LogP contribution is -2.46. The molecule has 0 unspecified atom stereocenters. The summed E-state index contributed by atoms with van der Waals surface area (Å²) in [5, 5.41) is 3.95. The van der Waals surface area contributed by atoms with E-state index in [2.05, 4.69) is 5.32 Å². The van der Waals surface area contributed by atoms with E-state index in [9.17, 15) is 9.59 Å². The van der Waals surface area contributed by atoms with Crippen molar-refractivity contribution in [3.05, 3.63) is 33.8 Å². The maximum atomic E-state index is 12.5. The third-order valence-electron chi connectivity index (χ3n) is 3.90. The van der Waals surface area contributed by atoms with Crippen LogP contribution in [0.15, 0.2) is 18.2 Å². The molecule has 6 heteroatoms. The summed E-state index contributed by atoms with van der Waals surface area (Å²) in [6.07, 6.45) is 2.05. The quantitative estimate of drug-likeness (QED) is 0.892. The largest absolute Gasteiger partial charge is 0.353 e. The van der Waals surface area contributed by atoms with Crippen molar-refractivity contribution in [2.24, 2.45) is 5.92 Å². The van der Waals surface area contributed by atoms with Crippen molar-refractivity contribution in [2.75, 3.05) is 13.1 Å². The first-order valence-electron chi connectivity index (χ1n) is 7.90. The second-order valence-corrected chi connectivity index (χ2v) is 7.20. The van der Waals surface area contributed by atoms with E-state index in [1.165, 1.54) is 0 Å². The molecule has 0 saturated carbocycles. The summed E-state index contributed by atoms with van der Waals surface area (Å²) < 4.78 is 0. The van der Waals surface area contributed by atoms with Gasteiger partial charge in [0.25, 0.3) is 5.91 Å². The number of likely N-dealkylation sites (tertiary alicyclic amines) is 1. The number of piperidine rings is 1. The average molecular weight is 357 g/mol. The van der Waals surface area contributed by atoms with Gasteiger partial charge >= 0.3 is 0 Å². The second-order valence-electron chi connectivity index (χ2n) is 6.36. The molecule has 1 aliphatic heterocycles. The Labute approximate surface area is 147 Å². The number of nitrogens with one attached hydrogen (secondary N) is 1. The molecule has 0 aromatic heterocycles. The zero-order chi connectivity index (χ0) is 17.0. The van der Waals surface area contributed by atoms with E-state index < -0.39 is 0 Å². The summed E-state index contributed by atoms with van der Waals surface area (Å²) in [5.41, 5.74) is 0.432. The normalized spacial score (nSPS) is 15.8. The fourth-order valence-electron chi connectivity index (χ4n) is 2.72. The van der Waals surface area contributed by atoms with Crippen LogP contribution in [0.1, 0.15) is 43.5 Å². The highest BCUT2D eigenvalue weighted by Crippen LogP contribution is 2.23. The minimum absolute atomic E-state index is 0.0858. The van der Waals surface area contributed by atoms with Crippen LogP contribution in [-0.2, 0) is 4.79 Å². The molecule has 0 bridgehead atoms. The summed E-state index contributed by atoms with van der Waals surface area (Å²) in [6.45, 7) is 5.26. The minimum Gasteiger partial charge on any atom is -0.353 e. The van der Waals surface area contributed by atoms with Crippen molar-refractivity contribution in [3.63, 3.8) is 0 Å². The molecule has 1 aromatic carbocycles. The van der Waals surface area contributed by atoms with Gasteiger partial charge in [-0.1, -0.05) is 37.0 Å². The first-order valence-corrected chi connectivity index (χ1v) is 8.66. The number of benzene rings is 1. The molecule has 2 rings (SSSR count). The molecule has 1 aromatic rings. The summed E-state index contributed by atoms with van der Waals surface area (Å²) in [5.74, 6) is 0.328. The predicted octanol–water partition coefficient (Wildman–Crippen LogP) is 3.76. The smallest absolute Gasteiger partial charge is 0.255 e. The molecule has 0 aliphatic carbocycles. The summed E-state index contributed by atoms with van der Waals surface area (Å²) in [7, 11) is 0. The number of halogens is 2. The maximum Gasteiger partial charge on any atom is 0.255 e. The molecule has 0 radical (unpaired) electrons. The number of carbonyl (C=O) groups excluding carboxylic acids is 2. The highest BCUT2D eigenvalue weighted by molar-refractivity contribution is 6.35. The number of rotatable bonds is 4. The van der Waals surface area contributed by atoms with Crippen molar-refractivity contribution in [2.45, 2.75) is 39.2 Å². The number of hydrogen-bond acceptors (Lipinski definition) is 2. The number of nitrogens with zero attached hydrogens (tertiary/aromatic N) is 1. The fraction of sp³-hybridized carbons (Fsp3) is 0.529. The van der Waals surface area contributed by atoms with E-state index in [4.69, 9.17) is 23.2 Å². The van der Waals surface area contributed by atoms with Crippen LogP contribution in [0.2, 0.25) is 10.0 Å². The Kier molecular flexibility index (Phi) is 6.31. The number of hydrogen-bond donors (Lipinski definition) is 1. The first kappa shape index (κ1) is 18.1. The molecule has 1 fully saturated rings. The van der Waals surface area contributed by atoms with Crippen molar-refractivity contribution in [1.82, 2.24) is 10.2 Å². The van der Waals surface area contributed by atoms with Gasteiger partial charge in [-0.25, -0.2) is 0 Å². The Morgan fingerprint density at radius 2 is 1.91 bits per heavy atom. The Morgan fingerprint density at radius 3 is 2.52 bits per heavy atom. The molecule has 0 spiro atoms. The van der Waals surface area contributed by atoms with Crippen LogP contribution < -0.4 is 5.32 Å². The van der Waals surface area contributed by atoms with Gasteiger partial charge in [-0.15, -0.1) is 0 Å². The van der Waals surface area contributed by atoms with Gasteiger partial charge in [0.15, 0.2) is 0 Å². The minimum atomic E-state index is -0.107. The van der Waals surface area contributed by atoms with Crippen LogP contribution in [0.25, 0.3) is 0 Å². The first-order chi connectivity index (χ1) is 10.9. The molecular formula is C17H22Cl2N2O2. The molecule has 23 heavy (non-hydrogen) atoms. The van der Waals surface area contributed by atoms with E-state index >= 15 is 0 Å². The van der Waals surface area contributed by atoms with Gasteiger partial charge in [0.05, 0.1) is 10.6 Å². The van der Waals surface area contributed by atoms with E-state index in [0.717, 1.165) is 12.8 Å². The monoisotopic (exact) mass is 356 g/mol. The zero-order valence-electron chi connectivity index (χ0n) is 13.4. The molecule has 126 valence electrons. The van der Waals surface area contributed by atoms with Gasteiger partial charge < -0.3 is 10.2 Å². The van der Waals surface area contributed by atoms with Gasteiger partial charge in [0.2, 0.25) is 5.91 Å². The van der Waals surface area contributed by atoms with Gasteiger partial charge in [-0.05, 0) is 37.0 Å². The average Bonchev–Trinajstić information content (AvgIpc) is 2.49. The van der Waals surface area contributed by atoms with Crippen LogP contribution in [0.5, 0.6) is 0 Å². The van der Waals surface area contributed by atoms with Gasteiger partial charge in [-0.2, -0.15) is 0 Å². The Bertz CT molecular complexity index is 582. The lowest BCUT2D eigenvalue weighted by atomic mass is 10.0. The molecule has 2 amide bonds. The lowest BCUT2D eigenvalue weighted by Gasteiger charge is -2.32. The SMILES string of the molecule is CC(C)CC(=O)NC1CCN(C(=O)c2cc(Cl)ccc2Cl)CC1. The second kappa shape index (κ2) is 8.02. The highest BCUT2D eigenvalue weighted by atomic mass is 35.5. The predicted molar refractivity (Wildman–Crippen MR) is 93.0 cm³/mol. The Hall–Kier alpha value is -1.26. The lowest BCUT2D eigenvalue weighted by molar-refractivity contribution is -0.122. The summed E-state index contributed by atoms with van der Waals surface area (Å²) >= 11 is 12.0. The van der Waals surface area contributed by atoms with Crippen molar-refractivity contribution >= 4 is 35.0 Å². The molecule has 0 atom stereocenters. The van der Waals surface area contributed by atoms with Crippen LogP contribution in [0.4, 0.5) is 0 Å². The topological polar surface area (TPSA) is 49.4 Å². The van der Waals surface area contributed by atoms with Crippen LogP contribution in [0, 0.1) is 5.92 Å². The summed E-state index contributed by atoms with van der Waals surface area (Å²) in [4.78, 5) is 26.1. The standard InChI is InChI=1S/C17H22Cl2N2O2/c1-11(2)9-16(22)20-13-5-7-21(8-6-13)17(23)14-10-12(18)3-4-15(14)19/h3-4,10-11,13H,5-9H2,1-2H3,(H,20,22). The molecule has 1 N–H and O–H groups in total. The van der Waals surface area contributed by atoms with Gasteiger partial charge in [0, 0.05) is 30.6 Å². The van der Waals surface area contributed by atoms with Crippen LogP contribution in [-0.4, -0.2) is 35.8 Å². The van der Waals surface area contributed by atoms with Crippen molar-refractivity contribution in [3.8, 4) is 0 Å². The molecule has 1 aliphatic rings. The van der Waals surface area contributed by atoms with E-state index in [1.54, 1.807) is 23.1 Å². The van der Waals surface area contributed by atoms with E-state index in [0.29, 0.717) is 41.0 Å². The number of amides is 2. The van der Waals surface area contributed by atoms with Crippen molar-refractivity contribution in [1.29, 1.82) is 0 Å².